The smallest absolute Gasteiger partial charge is 0.322 e. The fourth-order valence-electron chi connectivity index (χ4n) is 12.2. The molecule has 32 heteroatoms. The van der Waals surface area contributed by atoms with Crippen molar-refractivity contribution in [1.29, 1.82) is 0 Å². The number of hydrogen-bond donors (Lipinski definition) is 3. The third-order valence-corrected chi connectivity index (χ3v) is 17.8. The Kier molecular flexibility index (Phi) is 21.6. The van der Waals surface area contributed by atoms with Crippen LogP contribution in [0.15, 0.2) is 243 Å². The Morgan fingerprint density at radius 2 is 0.619 bits per heavy atom. The van der Waals surface area contributed by atoms with E-state index >= 15 is 0 Å². The second-order valence-corrected chi connectivity index (χ2v) is 25.1. The summed E-state index contributed by atoms with van der Waals surface area (Å²) in [6, 6.07) is 47.4. The van der Waals surface area contributed by atoms with Crippen LogP contribution in [0.5, 0.6) is 0 Å². The first-order valence-corrected chi connectivity index (χ1v) is 33.5. The zero-order valence-electron chi connectivity index (χ0n) is 56.6. The fourth-order valence-corrected chi connectivity index (χ4v) is 12.7. The normalized spacial score (nSPS) is 11.6. The zero-order chi connectivity index (χ0) is 80.7. The summed E-state index contributed by atoms with van der Waals surface area (Å²) in [7, 11) is 0. The lowest BCUT2D eigenvalue weighted by molar-refractivity contribution is -0.138. The number of fused-ring (bicyclic) bond motifs is 3. The summed E-state index contributed by atoms with van der Waals surface area (Å²) in [6.45, 7) is 0. The van der Waals surface area contributed by atoms with E-state index in [9.17, 15) is 93.4 Å². The van der Waals surface area contributed by atoms with Crippen molar-refractivity contribution >= 4 is 74.5 Å². The van der Waals surface area contributed by atoms with Gasteiger partial charge in [0.2, 0.25) is 10.6 Å². The largest absolute Gasteiger partial charge is 0.417 e. The van der Waals surface area contributed by atoms with Gasteiger partial charge in [0, 0.05) is 33.8 Å². The van der Waals surface area contributed by atoms with Crippen LogP contribution in [0.1, 0.15) is 47.8 Å². The summed E-state index contributed by atoms with van der Waals surface area (Å²) in [5, 5.41) is 6.70. The van der Waals surface area contributed by atoms with Crippen LogP contribution in [0.4, 0.5) is 96.1 Å². The minimum absolute atomic E-state index is 0.0232. The van der Waals surface area contributed by atoms with Gasteiger partial charge in [0.05, 0.1) is 72.7 Å². The minimum atomic E-state index is -4.85. The number of nitrogens with zero attached hydrogens (tertiary/aromatic N) is 6. The van der Waals surface area contributed by atoms with E-state index in [1.54, 1.807) is 30.3 Å². The number of aromatic nitrogens is 6. The Morgan fingerprint density at radius 1 is 0.327 bits per heavy atom. The summed E-state index contributed by atoms with van der Waals surface area (Å²) in [5.41, 5.74) is -3.15. The highest BCUT2D eigenvalue weighted by atomic mass is 35.5. The molecule has 0 saturated carbocycles. The molecule has 0 unspecified atom stereocenters. The first-order chi connectivity index (χ1) is 53.7. The summed E-state index contributed by atoms with van der Waals surface area (Å²) in [5.74, 6) is -11.5. The van der Waals surface area contributed by atoms with E-state index in [2.05, 4.69) is 30.9 Å². The number of carbonyl (C=O) groups is 3. The van der Waals surface area contributed by atoms with Crippen LogP contribution in [0.3, 0.4) is 0 Å². The summed E-state index contributed by atoms with van der Waals surface area (Å²) in [6.07, 6.45) is -13.2. The van der Waals surface area contributed by atoms with E-state index in [-0.39, 0.29) is 101 Å². The van der Waals surface area contributed by atoms with Gasteiger partial charge < -0.3 is 16.0 Å². The molecular weight excluding hydrogens is 1560 g/mol. The molecule has 9 aromatic carbocycles. The van der Waals surface area contributed by atoms with Gasteiger partial charge in [-0.3, -0.25) is 27.6 Å². The lowest BCUT2D eigenvalue weighted by atomic mass is 10.00. The molecule has 0 fully saturated rings. The second-order valence-electron chi connectivity index (χ2n) is 24.4. The Labute approximate surface area is 634 Å². The second kappa shape index (κ2) is 31.3. The number of amides is 3. The molecule has 0 atom stereocenters. The number of carbonyl (C=O) groups excluding carboxylic acids is 3. The average molecular weight is 1600 g/mol. The number of imidazole rings is 3. The lowest BCUT2D eigenvalue weighted by Crippen LogP contribution is -2.19. The predicted molar refractivity (Wildman–Crippen MR) is 386 cm³/mol. The molecule has 6 heterocycles. The molecule has 0 bridgehead atoms. The van der Waals surface area contributed by atoms with Crippen LogP contribution < -0.4 is 16.0 Å². The minimum Gasteiger partial charge on any atom is -0.322 e. The van der Waals surface area contributed by atoms with Crippen molar-refractivity contribution in [3.05, 3.63) is 339 Å². The molecule has 6 aromatic heterocycles. The molecule has 113 heavy (non-hydrogen) atoms. The van der Waals surface area contributed by atoms with Crippen molar-refractivity contribution in [2.24, 2.45) is 0 Å². The highest BCUT2D eigenvalue weighted by Crippen LogP contribution is 2.42. The highest BCUT2D eigenvalue weighted by molar-refractivity contribution is 6.30. The van der Waals surface area contributed by atoms with Crippen molar-refractivity contribution in [3.63, 3.8) is 0 Å². The number of rotatable bonds is 12. The van der Waals surface area contributed by atoms with Crippen LogP contribution in [0.25, 0.3) is 84.1 Å². The Balaban J connectivity index is 0.000000148. The van der Waals surface area contributed by atoms with E-state index in [0.29, 0.717) is 11.2 Å². The summed E-state index contributed by atoms with van der Waals surface area (Å²) < 4.78 is 253. The van der Waals surface area contributed by atoms with Gasteiger partial charge in [-0.1, -0.05) is 54.6 Å². The van der Waals surface area contributed by atoms with E-state index in [1.807, 2.05) is 0 Å². The number of nitrogens with one attached hydrogen (secondary N) is 3. The number of hydrogen-bond acceptors (Lipinski definition) is 6. The van der Waals surface area contributed by atoms with Gasteiger partial charge >= 0.3 is 18.5 Å². The van der Waals surface area contributed by atoms with Gasteiger partial charge in [-0.2, -0.15) is 39.5 Å². The Morgan fingerprint density at radius 3 is 0.947 bits per heavy atom. The maximum Gasteiger partial charge on any atom is 0.417 e. The predicted octanol–water partition coefficient (Wildman–Crippen LogP) is 23.4. The Bertz CT molecular complexity index is 5970. The van der Waals surface area contributed by atoms with Gasteiger partial charge in [-0.25, -0.2) is 54.5 Å². The molecule has 0 aliphatic heterocycles. The number of pyridine rings is 3. The molecule has 3 amide bonds. The van der Waals surface area contributed by atoms with Gasteiger partial charge in [0.25, 0.3) is 17.7 Å². The topological polar surface area (TPSA) is 139 Å². The van der Waals surface area contributed by atoms with E-state index in [0.717, 1.165) is 103 Å². The van der Waals surface area contributed by atoms with Gasteiger partial charge in [0.15, 0.2) is 34.9 Å². The van der Waals surface area contributed by atoms with Crippen LogP contribution in [0.2, 0.25) is 10.6 Å². The lowest BCUT2D eigenvalue weighted by Gasteiger charge is -2.15. The third kappa shape index (κ3) is 16.2. The van der Waals surface area contributed by atoms with Crippen molar-refractivity contribution < 1.29 is 93.4 Å². The molecule has 12 nitrogen and oxygen atoms in total. The molecule has 15 rings (SSSR count). The van der Waals surface area contributed by atoms with Crippen LogP contribution in [-0.4, -0.2) is 45.9 Å². The number of halogens is 20. The molecule has 15 aromatic rings. The van der Waals surface area contributed by atoms with Crippen LogP contribution in [0, 0.1) is 52.4 Å². The third-order valence-electron chi connectivity index (χ3n) is 17.3. The van der Waals surface area contributed by atoms with Crippen molar-refractivity contribution in [2.75, 3.05) is 16.0 Å². The van der Waals surface area contributed by atoms with Gasteiger partial charge in [-0.15, -0.1) is 0 Å². The first kappa shape index (κ1) is 77.9. The number of benzene rings is 9. The van der Waals surface area contributed by atoms with E-state index < -0.39 is 122 Å². The van der Waals surface area contributed by atoms with Crippen molar-refractivity contribution in [3.8, 4) is 67.5 Å². The van der Waals surface area contributed by atoms with Gasteiger partial charge in [0.1, 0.15) is 35.2 Å². The monoisotopic (exact) mass is 1600 g/mol. The molecule has 570 valence electrons. The van der Waals surface area contributed by atoms with Crippen molar-refractivity contribution in [2.45, 2.75) is 18.5 Å². The van der Waals surface area contributed by atoms with E-state index in [1.165, 1.54) is 123 Å². The molecule has 0 spiro atoms. The number of alkyl halides is 9. The zero-order valence-corrected chi connectivity index (χ0v) is 58.1. The number of anilines is 3. The van der Waals surface area contributed by atoms with Gasteiger partial charge in [-0.05, 0) is 222 Å². The molecule has 0 aliphatic rings. The molecular formula is C81H43Cl2F18N9O3. The van der Waals surface area contributed by atoms with Crippen molar-refractivity contribution in [1.82, 2.24) is 28.2 Å². The fraction of sp³-hybridized carbons (Fsp3) is 0.0370. The SMILES string of the molecule is O=C(Nc1ccc(F)cc1)c1cc(-c2cccc3c(-c4cccc(F)c4F)nc(Cl)n23)ccc1C(F)(F)F.O=C(Nc1ccc(F)cc1)c1cc(-c2cccc3c(-c4cccc(F)c4F)nc(Cl)n23)ccc1C(F)(F)F.O=C(Nc1ccc(F)cc1)c1cc(-c2cccc3c(-c4cccc(F)c4F)ncn23)ccc1C(F)(F)F. The molecule has 3 N–H and O–H groups in total. The molecule has 0 aliphatic carbocycles. The average Bonchev–Trinajstić information content (AvgIpc) is 1.64. The van der Waals surface area contributed by atoms with Crippen LogP contribution in [-0.2, 0) is 18.5 Å². The van der Waals surface area contributed by atoms with E-state index in [4.69, 9.17) is 23.2 Å². The molecule has 0 saturated heterocycles. The maximum absolute atomic E-state index is 14.5. The van der Waals surface area contributed by atoms with Crippen LogP contribution >= 0.6 is 23.2 Å². The summed E-state index contributed by atoms with van der Waals surface area (Å²) >= 11 is 12.7. The highest BCUT2D eigenvalue weighted by Gasteiger charge is 2.39. The molecule has 0 radical (unpaired) electrons. The first-order valence-electron chi connectivity index (χ1n) is 32.7. The quantitative estimate of drug-likeness (QED) is 0.104. The summed E-state index contributed by atoms with van der Waals surface area (Å²) in [4.78, 5) is 51.2. The standard InChI is InChI=1S/2C27H14ClF6N3O.C27H15F6N3O/c2*28-26-36-24(17-3-1-4-20(30)23(17)31)22-6-2-5-21(37(22)26)14-7-12-19(27(32,33)34)18(13-14)25(38)35-16-10-8-15(29)9-11-16;28-16-8-10-17(11-9-16)35-26(37)19-13-15(7-12-20(19)27(31,32)33)22-5-2-6-23-25(34-14-36(22)23)18-3-1-4-21(29)24(18)30/h2*1-13H,(H,35,38);1-14H,(H,35,37). The maximum atomic E-state index is 14.5. The Hall–Kier alpha value is -13.2.